The lowest BCUT2D eigenvalue weighted by atomic mass is 9.92. The van der Waals surface area contributed by atoms with Gasteiger partial charge in [0.25, 0.3) is 0 Å². The minimum absolute atomic E-state index is 0.0413. The molecule has 0 spiro atoms. The number of nitrogens with one attached hydrogen (secondary N) is 1. The molecule has 1 saturated carbocycles. The zero-order valence-corrected chi connectivity index (χ0v) is 10.1. The van der Waals surface area contributed by atoms with Crippen molar-refractivity contribution >= 4 is 17.7 Å². The topological polar surface area (TPSA) is 82.5 Å². The van der Waals surface area contributed by atoms with E-state index in [9.17, 15) is 9.59 Å². The Balaban J connectivity index is 1.96. The van der Waals surface area contributed by atoms with E-state index in [-0.39, 0.29) is 11.7 Å². The first-order chi connectivity index (χ1) is 8.58. The fourth-order valence-corrected chi connectivity index (χ4v) is 1.75. The number of anilines is 1. The van der Waals surface area contributed by atoms with Gasteiger partial charge in [-0.25, -0.2) is 14.6 Å². The van der Waals surface area contributed by atoms with Crippen molar-refractivity contribution in [3.63, 3.8) is 0 Å². The van der Waals surface area contributed by atoms with Crippen molar-refractivity contribution in [2.24, 2.45) is 0 Å². The molecule has 0 aromatic carbocycles. The van der Waals surface area contributed by atoms with E-state index in [2.05, 4.69) is 10.3 Å². The molecule has 2 rings (SSSR count). The van der Waals surface area contributed by atoms with Gasteiger partial charge in [-0.1, -0.05) is 0 Å². The lowest BCUT2D eigenvalue weighted by Gasteiger charge is -2.34. The molecule has 1 aliphatic rings. The molecule has 6 nitrogen and oxygen atoms in total. The van der Waals surface area contributed by atoms with E-state index in [0.717, 1.165) is 19.3 Å². The average molecular weight is 249 g/mol. The van der Waals surface area contributed by atoms with Crippen molar-refractivity contribution < 1.29 is 14.7 Å². The molecule has 1 aromatic heterocycles. The Bertz CT molecular complexity index is 454. The van der Waals surface area contributed by atoms with Crippen LogP contribution in [0.3, 0.4) is 0 Å². The zero-order chi connectivity index (χ0) is 13.1. The molecule has 1 heterocycles. The second-order valence-corrected chi connectivity index (χ2v) is 4.36. The number of carboxylic acids is 1. The highest BCUT2D eigenvalue weighted by molar-refractivity contribution is 5.90. The average Bonchev–Trinajstić information content (AvgIpc) is 2.27. The highest BCUT2D eigenvalue weighted by Crippen LogP contribution is 2.24. The van der Waals surface area contributed by atoms with Crippen LogP contribution in [0.2, 0.25) is 0 Å². The van der Waals surface area contributed by atoms with Crippen LogP contribution < -0.4 is 5.32 Å². The normalized spacial score (nSPS) is 14.7. The summed E-state index contributed by atoms with van der Waals surface area (Å²) in [5.74, 6) is -1.08. The molecule has 0 saturated heterocycles. The summed E-state index contributed by atoms with van der Waals surface area (Å²) >= 11 is 0. The van der Waals surface area contributed by atoms with Gasteiger partial charge in [-0.05, 0) is 31.4 Å². The van der Waals surface area contributed by atoms with Crippen molar-refractivity contribution in [2.45, 2.75) is 25.3 Å². The molecule has 1 aromatic rings. The van der Waals surface area contributed by atoms with Gasteiger partial charge in [-0.2, -0.15) is 0 Å². The first-order valence-electron chi connectivity index (χ1n) is 5.81. The number of amides is 2. The van der Waals surface area contributed by atoms with E-state index in [4.69, 9.17) is 5.11 Å². The fraction of sp³-hybridized carbons (Fsp3) is 0.417. The molecule has 0 radical (unpaired) electrons. The maximum Gasteiger partial charge on any atom is 0.354 e. The van der Waals surface area contributed by atoms with Crippen LogP contribution in [0.5, 0.6) is 0 Å². The Hall–Kier alpha value is -2.11. The third-order valence-electron chi connectivity index (χ3n) is 3.18. The third kappa shape index (κ3) is 2.58. The Morgan fingerprint density at radius 3 is 2.61 bits per heavy atom. The van der Waals surface area contributed by atoms with Crippen LogP contribution in [0.25, 0.3) is 0 Å². The van der Waals surface area contributed by atoms with Gasteiger partial charge < -0.3 is 15.3 Å². The molecular formula is C12H15N3O3. The van der Waals surface area contributed by atoms with Crippen molar-refractivity contribution in [3.8, 4) is 0 Å². The molecule has 96 valence electrons. The smallest absolute Gasteiger partial charge is 0.354 e. The number of carbonyl (C=O) groups excluding carboxylic acids is 1. The second kappa shape index (κ2) is 5.03. The van der Waals surface area contributed by atoms with Crippen LogP contribution >= 0.6 is 0 Å². The number of carboxylic acid groups (broad SMARTS) is 1. The van der Waals surface area contributed by atoms with Crippen LogP contribution in [0.15, 0.2) is 18.3 Å². The van der Waals surface area contributed by atoms with Crippen LogP contribution in [0, 0.1) is 0 Å². The van der Waals surface area contributed by atoms with E-state index >= 15 is 0 Å². The number of carbonyl (C=O) groups is 2. The molecule has 2 N–H and O–H groups in total. The van der Waals surface area contributed by atoms with Crippen molar-refractivity contribution in [3.05, 3.63) is 24.0 Å². The van der Waals surface area contributed by atoms with Gasteiger partial charge in [0.2, 0.25) is 0 Å². The lowest BCUT2D eigenvalue weighted by Crippen LogP contribution is -2.43. The predicted molar refractivity (Wildman–Crippen MR) is 65.6 cm³/mol. The largest absolute Gasteiger partial charge is 0.477 e. The SMILES string of the molecule is CN(C(=O)Nc1ccc(C(=O)O)nc1)C1CCC1. The van der Waals surface area contributed by atoms with Crippen LogP contribution in [0.1, 0.15) is 29.8 Å². The molecule has 18 heavy (non-hydrogen) atoms. The summed E-state index contributed by atoms with van der Waals surface area (Å²) in [5.41, 5.74) is 0.455. The Kier molecular flexibility index (Phi) is 3.45. The number of rotatable bonds is 3. The Labute approximate surface area is 105 Å². The summed E-state index contributed by atoms with van der Waals surface area (Å²) < 4.78 is 0. The quantitative estimate of drug-likeness (QED) is 0.855. The molecule has 0 bridgehead atoms. The number of aromatic nitrogens is 1. The van der Waals surface area contributed by atoms with Crippen LogP contribution in [-0.4, -0.2) is 40.1 Å². The molecule has 1 fully saturated rings. The van der Waals surface area contributed by atoms with Crippen molar-refractivity contribution in [2.75, 3.05) is 12.4 Å². The summed E-state index contributed by atoms with van der Waals surface area (Å²) in [6, 6.07) is 3.02. The maximum atomic E-state index is 11.8. The van der Waals surface area contributed by atoms with Gasteiger partial charge in [0.1, 0.15) is 5.69 Å². The lowest BCUT2D eigenvalue weighted by molar-refractivity contribution is 0.0690. The number of hydrogen-bond acceptors (Lipinski definition) is 3. The number of urea groups is 1. The summed E-state index contributed by atoms with van der Waals surface area (Å²) in [6.07, 6.45) is 4.59. The summed E-state index contributed by atoms with van der Waals surface area (Å²) in [4.78, 5) is 27.9. The standard InChI is InChI=1S/C12H15N3O3/c1-15(9-3-2-4-9)12(18)14-8-5-6-10(11(16)17)13-7-8/h5-7,9H,2-4H2,1H3,(H,14,18)(H,16,17). The van der Waals surface area contributed by atoms with Gasteiger partial charge in [0.15, 0.2) is 0 Å². The minimum atomic E-state index is -1.08. The maximum absolute atomic E-state index is 11.8. The van der Waals surface area contributed by atoms with Gasteiger partial charge in [0.05, 0.1) is 11.9 Å². The minimum Gasteiger partial charge on any atom is -0.477 e. The molecule has 0 atom stereocenters. The highest BCUT2D eigenvalue weighted by atomic mass is 16.4. The number of aromatic carboxylic acids is 1. The van der Waals surface area contributed by atoms with E-state index in [1.165, 1.54) is 18.3 Å². The van der Waals surface area contributed by atoms with E-state index in [1.54, 1.807) is 11.9 Å². The molecular weight excluding hydrogens is 234 g/mol. The van der Waals surface area contributed by atoms with Gasteiger partial charge in [0, 0.05) is 13.1 Å². The van der Waals surface area contributed by atoms with Crippen LogP contribution in [-0.2, 0) is 0 Å². The fourth-order valence-electron chi connectivity index (χ4n) is 1.75. The number of nitrogens with zero attached hydrogens (tertiary/aromatic N) is 2. The summed E-state index contributed by atoms with van der Waals surface area (Å²) in [5, 5.41) is 11.4. The number of hydrogen-bond donors (Lipinski definition) is 2. The first kappa shape index (κ1) is 12.3. The molecule has 1 aliphatic carbocycles. The number of pyridine rings is 1. The van der Waals surface area contributed by atoms with E-state index < -0.39 is 5.97 Å². The monoisotopic (exact) mass is 249 g/mol. The van der Waals surface area contributed by atoms with Crippen molar-refractivity contribution in [1.29, 1.82) is 0 Å². The van der Waals surface area contributed by atoms with Gasteiger partial charge in [-0.15, -0.1) is 0 Å². The van der Waals surface area contributed by atoms with E-state index in [0.29, 0.717) is 11.7 Å². The van der Waals surface area contributed by atoms with Gasteiger partial charge >= 0.3 is 12.0 Å². The first-order valence-corrected chi connectivity index (χ1v) is 5.81. The summed E-state index contributed by atoms with van der Waals surface area (Å²) in [6.45, 7) is 0. The highest BCUT2D eigenvalue weighted by Gasteiger charge is 2.25. The molecule has 2 amide bonds. The zero-order valence-electron chi connectivity index (χ0n) is 10.1. The summed E-state index contributed by atoms with van der Waals surface area (Å²) in [7, 11) is 1.76. The molecule has 0 aliphatic heterocycles. The molecule has 0 unspecified atom stereocenters. The Morgan fingerprint density at radius 2 is 2.17 bits per heavy atom. The predicted octanol–water partition coefficient (Wildman–Crippen LogP) is 1.80. The Morgan fingerprint density at radius 1 is 1.44 bits per heavy atom. The van der Waals surface area contributed by atoms with E-state index in [1.807, 2.05) is 0 Å². The third-order valence-corrected chi connectivity index (χ3v) is 3.18. The van der Waals surface area contributed by atoms with Gasteiger partial charge in [-0.3, -0.25) is 0 Å². The second-order valence-electron chi connectivity index (χ2n) is 4.36. The van der Waals surface area contributed by atoms with Crippen molar-refractivity contribution in [1.82, 2.24) is 9.88 Å². The molecule has 6 heteroatoms. The van der Waals surface area contributed by atoms with Crippen LogP contribution in [0.4, 0.5) is 10.5 Å².